The predicted octanol–water partition coefficient (Wildman–Crippen LogP) is 1.21. The molecule has 0 saturated heterocycles. The number of ether oxygens (including phenoxy) is 1. The maximum atomic E-state index is 11.9. The van der Waals surface area contributed by atoms with E-state index in [-0.39, 0.29) is 16.7 Å². The fourth-order valence-corrected chi connectivity index (χ4v) is 2.82. The van der Waals surface area contributed by atoms with Gasteiger partial charge in [-0.1, -0.05) is 6.92 Å². The second-order valence-corrected chi connectivity index (χ2v) is 5.66. The molecule has 2 N–H and O–H groups in total. The first-order chi connectivity index (χ1) is 7.49. The lowest BCUT2D eigenvalue weighted by molar-refractivity contribution is 0.414. The van der Waals surface area contributed by atoms with Gasteiger partial charge in [-0.25, -0.2) is 8.42 Å². The van der Waals surface area contributed by atoms with E-state index in [2.05, 4.69) is 0 Å². The molecule has 0 radical (unpaired) electrons. The lowest BCUT2D eigenvalue weighted by atomic mass is 10.3. The van der Waals surface area contributed by atoms with Gasteiger partial charge in [0, 0.05) is 6.04 Å². The van der Waals surface area contributed by atoms with Gasteiger partial charge in [0.2, 0.25) is 0 Å². The summed E-state index contributed by atoms with van der Waals surface area (Å²) in [5.74, 6) is 0.620. The molecule has 0 spiro atoms. The molecule has 0 aliphatic carbocycles. The molecule has 1 aromatic rings. The van der Waals surface area contributed by atoms with Gasteiger partial charge in [-0.15, -0.1) is 0 Å². The summed E-state index contributed by atoms with van der Waals surface area (Å²) in [4.78, 5) is 0.289. The third-order valence-electron chi connectivity index (χ3n) is 2.38. The Morgan fingerprint density at radius 2 is 1.88 bits per heavy atom. The number of rotatable bonds is 5. The normalized spacial score (nSPS) is 13.4. The Bertz CT molecular complexity index is 425. The van der Waals surface area contributed by atoms with Crippen LogP contribution in [0.1, 0.15) is 13.3 Å². The summed E-state index contributed by atoms with van der Waals surface area (Å²) in [7, 11) is -1.74. The van der Waals surface area contributed by atoms with Gasteiger partial charge >= 0.3 is 0 Å². The lowest BCUT2D eigenvalue weighted by Crippen LogP contribution is -2.28. The minimum atomic E-state index is -3.28. The zero-order chi connectivity index (χ0) is 12.2. The standard InChI is InChI=1S/C11H17NO3S/c1-3-9(12)8-16(13,14)11-6-4-10(15-2)5-7-11/h4-7,9H,3,8,12H2,1-2H3. The lowest BCUT2D eigenvalue weighted by Gasteiger charge is -2.10. The molecule has 1 aromatic carbocycles. The second-order valence-electron chi connectivity index (χ2n) is 3.63. The Labute approximate surface area is 96.3 Å². The first-order valence-electron chi connectivity index (χ1n) is 5.12. The van der Waals surface area contributed by atoms with Crippen molar-refractivity contribution < 1.29 is 13.2 Å². The fraction of sp³-hybridized carbons (Fsp3) is 0.455. The van der Waals surface area contributed by atoms with Crippen molar-refractivity contribution in [2.24, 2.45) is 5.73 Å². The Morgan fingerprint density at radius 1 is 1.31 bits per heavy atom. The van der Waals surface area contributed by atoms with Crippen LogP contribution in [0.25, 0.3) is 0 Å². The van der Waals surface area contributed by atoms with E-state index >= 15 is 0 Å². The SMILES string of the molecule is CCC(N)CS(=O)(=O)c1ccc(OC)cc1. The number of benzene rings is 1. The highest BCUT2D eigenvalue weighted by Gasteiger charge is 2.17. The van der Waals surface area contributed by atoms with Crippen LogP contribution in [0.4, 0.5) is 0 Å². The summed E-state index contributed by atoms with van der Waals surface area (Å²) in [5, 5.41) is 0. The molecular weight excluding hydrogens is 226 g/mol. The maximum absolute atomic E-state index is 11.9. The molecule has 0 aliphatic heterocycles. The van der Waals surface area contributed by atoms with Gasteiger partial charge in [0.25, 0.3) is 0 Å². The topological polar surface area (TPSA) is 69.4 Å². The van der Waals surface area contributed by atoms with Crippen molar-refractivity contribution in [3.63, 3.8) is 0 Å². The summed E-state index contributed by atoms with van der Waals surface area (Å²) in [6.45, 7) is 1.87. The van der Waals surface area contributed by atoms with Crippen LogP contribution in [0, 0.1) is 0 Å². The first-order valence-corrected chi connectivity index (χ1v) is 6.77. The summed E-state index contributed by atoms with van der Waals surface area (Å²) in [6, 6.07) is 6.02. The zero-order valence-electron chi connectivity index (χ0n) is 9.51. The smallest absolute Gasteiger partial charge is 0.179 e. The van der Waals surface area contributed by atoms with E-state index in [9.17, 15) is 8.42 Å². The Kier molecular flexibility index (Phi) is 4.32. The fourth-order valence-electron chi connectivity index (χ4n) is 1.28. The van der Waals surface area contributed by atoms with Crippen molar-refractivity contribution in [1.82, 2.24) is 0 Å². The molecule has 0 bridgehead atoms. The molecule has 0 aliphatic rings. The van der Waals surface area contributed by atoms with Crippen LogP contribution in [0.3, 0.4) is 0 Å². The molecule has 0 heterocycles. The van der Waals surface area contributed by atoms with Crippen LogP contribution in [-0.2, 0) is 9.84 Å². The largest absolute Gasteiger partial charge is 0.497 e. The van der Waals surface area contributed by atoms with Crippen molar-refractivity contribution in [2.75, 3.05) is 12.9 Å². The average Bonchev–Trinajstić information content (AvgIpc) is 2.28. The van der Waals surface area contributed by atoms with Crippen LogP contribution in [0.5, 0.6) is 5.75 Å². The minimum absolute atomic E-state index is 0.0180. The van der Waals surface area contributed by atoms with Crippen molar-refractivity contribution in [1.29, 1.82) is 0 Å². The van der Waals surface area contributed by atoms with Crippen LogP contribution in [-0.4, -0.2) is 27.3 Å². The van der Waals surface area contributed by atoms with Gasteiger partial charge in [0.05, 0.1) is 17.8 Å². The molecule has 1 rings (SSSR count). The number of nitrogens with two attached hydrogens (primary N) is 1. The molecule has 0 amide bonds. The van der Waals surface area contributed by atoms with Crippen LogP contribution in [0.15, 0.2) is 29.2 Å². The highest BCUT2D eigenvalue weighted by molar-refractivity contribution is 7.91. The number of hydrogen-bond donors (Lipinski definition) is 1. The second kappa shape index (κ2) is 5.32. The van der Waals surface area contributed by atoms with Crippen molar-refractivity contribution >= 4 is 9.84 Å². The van der Waals surface area contributed by atoms with E-state index < -0.39 is 9.84 Å². The highest BCUT2D eigenvalue weighted by Crippen LogP contribution is 2.17. The average molecular weight is 243 g/mol. The minimum Gasteiger partial charge on any atom is -0.497 e. The van der Waals surface area contributed by atoms with E-state index in [1.165, 1.54) is 19.2 Å². The molecule has 90 valence electrons. The van der Waals surface area contributed by atoms with Crippen LogP contribution >= 0.6 is 0 Å². The zero-order valence-corrected chi connectivity index (χ0v) is 10.3. The Morgan fingerprint density at radius 3 is 2.31 bits per heavy atom. The molecule has 1 atom stereocenters. The van der Waals surface area contributed by atoms with Gasteiger partial charge in [-0.2, -0.15) is 0 Å². The van der Waals surface area contributed by atoms with E-state index in [0.717, 1.165) is 0 Å². The van der Waals surface area contributed by atoms with Gasteiger partial charge in [0.1, 0.15) is 5.75 Å². The molecule has 5 heteroatoms. The van der Waals surface area contributed by atoms with Gasteiger partial charge < -0.3 is 10.5 Å². The summed E-state index contributed by atoms with van der Waals surface area (Å²) in [6.07, 6.45) is 0.648. The Balaban J connectivity index is 2.90. The van der Waals surface area contributed by atoms with Gasteiger partial charge in [0.15, 0.2) is 9.84 Å². The van der Waals surface area contributed by atoms with Crippen molar-refractivity contribution in [2.45, 2.75) is 24.3 Å². The van der Waals surface area contributed by atoms with E-state index in [1.807, 2.05) is 6.92 Å². The molecule has 16 heavy (non-hydrogen) atoms. The number of methoxy groups -OCH3 is 1. The van der Waals surface area contributed by atoms with E-state index in [1.54, 1.807) is 12.1 Å². The van der Waals surface area contributed by atoms with Crippen LogP contribution < -0.4 is 10.5 Å². The van der Waals surface area contributed by atoms with E-state index in [4.69, 9.17) is 10.5 Å². The number of hydrogen-bond acceptors (Lipinski definition) is 4. The van der Waals surface area contributed by atoms with E-state index in [0.29, 0.717) is 12.2 Å². The monoisotopic (exact) mass is 243 g/mol. The van der Waals surface area contributed by atoms with Crippen molar-refractivity contribution in [3.05, 3.63) is 24.3 Å². The molecule has 0 aromatic heterocycles. The Hall–Kier alpha value is -1.07. The molecule has 4 nitrogen and oxygen atoms in total. The summed E-state index contributed by atoms with van der Waals surface area (Å²) in [5.41, 5.74) is 5.65. The summed E-state index contributed by atoms with van der Waals surface area (Å²) >= 11 is 0. The summed E-state index contributed by atoms with van der Waals surface area (Å²) < 4.78 is 28.7. The predicted molar refractivity (Wildman–Crippen MR) is 63.3 cm³/mol. The quantitative estimate of drug-likeness (QED) is 0.843. The van der Waals surface area contributed by atoms with Gasteiger partial charge in [-0.05, 0) is 30.7 Å². The van der Waals surface area contributed by atoms with Crippen LogP contribution in [0.2, 0.25) is 0 Å². The third kappa shape index (κ3) is 3.21. The first kappa shape index (κ1) is 13.0. The molecule has 0 saturated carbocycles. The van der Waals surface area contributed by atoms with Crippen molar-refractivity contribution in [3.8, 4) is 5.75 Å². The molecular formula is C11H17NO3S. The third-order valence-corrected chi connectivity index (χ3v) is 4.23. The molecule has 1 unspecified atom stereocenters. The van der Waals surface area contributed by atoms with Gasteiger partial charge in [-0.3, -0.25) is 0 Å². The highest BCUT2D eigenvalue weighted by atomic mass is 32.2. The maximum Gasteiger partial charge on any atom is 0.179 e. The molecule has 0 fully saturated rings. The number of sulfone groups is 1.